The van der Waals surface area contributed by atoms with Crippen molar-refractivity contribution in [3.05, 3.63) is 15.4 Å². The smallest absolute Gasteiger partial charge is 0.305 e. The molecular formula is C13H22N2O3S2. The number of aromatic amines is 1. The van der Waals surface area contributed by atoms with Gasteiger partial charge < -0.3 is 4.98 Å². The molecule has 0 amide bonds. The van der Waals surface area contributed by atoms with Gasteiger partial charge in [-0.1, -0.05) is 31.1 Å². The summed E-state index contributed by atoms with van der Waals surface area (Å²) in [4.78, 5) is 13.6. The normalized spacial score (nSPS) is 21.8. The standard InChI is InChI=1S/C13H22N2O3S2/c1-3-5-11-6-4-8-15(9-7-11)20(17,18)12-10(2)14-13(16)19-12/h11H,3-9H2,1-2H3,(H,14,16). The Morgan fingerprint density at radius 2 is 2.10 bits per heavy atom. The molecule has 0 spiro atoms. The monoisotopic (exact) mass is 318 g/mol. The molecule has 1 aromatic heterocycles. The Hall–Kier alpha value is -0.660. The zero-order chi connectivity index (χ0) is 14.8. The van der Waals surface area contributed by atoms with Crippen LogP contribution in [-0.4, -0.2) is 30.8 Å². The average molecular weight is 318 g/mol. The quantitative estimate of drug-likeness (QED) is 0.926. The van der Waals surface area contributed by atoms with Crippen LogP contribution < -0.4 is 4.87 Å². The molecule has 1 unspecified atom stereocenters. The summed E-state index contributed by atoms with van der Waals surface area (Å²) in [6.45, 7) is 4.94. The summed E-state index contributed by atoms with van der Waals surface area (Å²) in [7, 11) is -3.51. The largest absolute Gasteiger partial charge is 0.315 e. The number of aromatic nitrogens is 1. The minimum absolute atomic E-state index is 0.177. The number of H-pyrrole nitrogens is 1. The molecule has 114 valence electrons. The van der Waals surface area contributed by atoms with E-state index in [1.165, 1.54) is 6.42 Å². The second-order valence-corrected chi connectivity index (χ2v) is 8.53. The van der Waals surface area contributed by atoms with E-state index in [9.17, 15) is 13.2 Å². The molecule has 1 aromatic rings. The van der Waals surface area contributed by atoms with Crippen molar-refractivity contribution < 1.29 is 8.42 Å². The lowest BCUT2D eigenvalue weighted by atomic mass is 9.96. The lowest BCUT2D eigenvalue weighted by Crippen LogP contribution is -2.32. The van der Waals surface area contributed by atoms with Crippen LogP contribution >= 0.6 is 11.3 Å². The number of hydrogen-bond acceptors (Lipinski definition) is 4. The van der Waals surface area contributed by atoms with E-state index < -0.39 is 10.0 Å². The predicted octanol–water partition coefficient (Wildman–Crippen LogP) is 2.34. The van der Waals surface area contributed by atoms with Gasteiger partial charge in [0.15, 0.2) is 4.21 Å². The fraction of sp³-hybridized carbons (Fsp3) is 0.769. The van der Waals surface area contributed by atoms with Crippen LogP contribution in [0.15, 0.2) is 9.00 Å². The minimum Gasteiger partial charge on any atom is -0.315 e. The molecule has 1 saturated heterocycles. The Bertz CT molecular complexity index is 603. The summed E-state index contributed by atoms with van der Waals surface area (Å²) in [6, 6.07) is 0. The number of nitrogens with zero attached hydrogens (tertiary/aromatic N) is 1. The molecule has 1 N–H and O–H groups in total. The van der Waals surface area contributed by atoms with Crippen molar-refractivity contribution in [2.24, 2.45) is 5.92 Å². The Labute approximate surface area is 124 Å². The van der Waals surface area contributed by atoms with Crippen LogP contribution in [0.5, 0.6) is 0 Å². The van der Waals surface area contributed by atoms with E-state index in [4.69, 9.17) is 0 Å². The van der Waals surface area contributed by atoms with Crippen molar-refractivity contribution >= 4 is 21.4 Å². The molecule has 1 fully saturated rings. The zero-order valence-electron chi connectivity index (χ0n) is 12.0. The van der Waals surface area contributed by atoms with Gasteiger partial charge in [-0.05, 0) is 32.1 Å². The highest BCUT2D eigenvalue weighted by molar-refractivity contribution is 7.91. The lowest BCUT2D eigenvalue weighted by Gasteiger charge is -2.19. The molecule has 1 atom stereocenters. The first kappa shape index (κ1) is 15.7. The molecule has 0 aromatic carbocycles. The molecule has 0 saturated carbocycles. The number of sulfonamides is 1. The molecule has 0 bridgehead atoms. The van der Waals surface area contributed by atoms with Crippen LogP contribution in [0.2, 0.25) is 0 Å². The molecule has 5 nitrogen and oxygen atoms in total. The third-order valence-electron chi connectivity index (χ3n) is 3.86. The average Bonchev–Trinajstić information content (AvgIpc) is 2.61. The highest BCUT2D eigenvalue weighted by Gasteiger charge is 2.30. The molecule has 7 heteroatoms. The summed E-state index contributed by atoms with van der Waals surface area (Å²) in [5.74, 6) is 0.631. The van der Waals surface area contributed by atoms with E-state index in [0.29, 0.717) is 24.7 Å². The van der Waals surface area contributed by atoms with E-state index >= 15 is 0 Å². The molecule has 1 aliphatic heterocycles. The maximum absolute atomic E-state index is 12.6. The van der Waals surface area contributed by atoms with Crippen molar-refractivity contribution in [1.29, 1.82) is 0 Å². The molecular weight excluding hydrogens is 296 g/mol. The Kier molecular flexibility index (Phi) is 5.04. The highest BCUT2D eigenvalue weighted by atomic mass is 32.2. The minimum atomic E-state index is -3.51. The van der Waals surface area contributed by atoms with Crippen LogP contribution in [0.1, 0.15) is 44.7 Å². The Morgan fingerprint density at radius 1 is 1.35 bits per heavy atom. The van der Waals surface area contributed by atoms with Gasteiger partial charge in [-0.15, -0.1) is 0 Å². The molecule has 0 radical (unpaired) electrons. The third kappa shape index (κ3) is 3.32. The summed E-state index contributed by atoms with van der Waals surface area (Å²) >= 11 is 0.792. The van der Waals surface area contributed by atoms with Crippen molar-refractivity contribution in [2.75, 3.05) is 13.1 Å². The van der Waals surface area contributed by atoms with Crippen LogP contribution in [0, 0.1) is 12.8 Å². The first-order valence-electron chi connectivity index (χ1n) is 7.15. The number of rotatable bonds is 4. The van der Waals surface area contributed by atoms with Crippen molar-refractivity contribution in [2.45, 2.75) is 50.2 Å². The van der Waals surface area contributed by atoms with Crippen molar-refractivity contribution in [3.63, 3.8) is 0 Å². The van der Waals surface area contributed by atoms with Gasteiger partial charge in [0.05, 0.1) is 0 Å². The fourth-order valence-corrected chi connectivity index (χ4v) is 5.76. The van der Waals surface area contributed by atoms with Crippen LogP contribution in [0.3, 0.4) is 0 Å². The van der Waals surface area contributed by atoms with Gasteiger partial charge in [0.1, 0.15) is 0 Å². The molecule has 20 heavy (non-hydrogen) atoms. The maximum atomic E-state index is 12.6. The Morgan fingerprint density at radius 3 is 2.70 bits per heavy atom. The summed E-state index contributed by atoms with van der Waals surface area (Å²) < 4.78 is 27.0. The fourth-order valence-electron chi connectivity index (χ4n) is 2.83. The Balaban J connectivity index is 2.18. The summed E-state index contributed by atoms with van der Waals surface area (Å²) in [5.41, 5.74) is 0.453. The molecule has 2 rings (SSSR count). The van der Waals surface area contributed by atoms with Gasteiger partial charge in [-0.3, -0.25) is 4.79 Å². The van der Waals surface area contributed by atoms with E-state index in [0.717, 1.165) is 37.0 Å². The van der Waals surface area contributed by atoms with E-state index in [2.05, 4.69) is 11.9 Å². The molecule has 1 aliphatic rings. The van der Waals surface area contributed by atoms with Crippen LogP contribution in [0.25, 0.3) is 0 Å². The number of thiazole rings is 1. The maximum Gasteiger partial charge on any atom is 0.305 e. The molecule has 0 aliphatic carbocycles. The van der Waals surface area contributed by atoms with Gasteiger partial charge in [0, 0.05) is 18.8 Å². The second-order valence-electron chi connectivity index (χ2n) is 5.42. The number of aryl methyl sites for hydroxylation is 1. The number of nitrogens with one attached hydrogen (secondary N) is 1. The predicted molar refractivity (Wildman–Crippen MR) is 80.7 cm³/mol. The van der Waals surface area contributed by atoms with Gasteiger partial charge in [-0.2, -0.15) is 4.31 Å². The SMILES string of the molecule is CCCC1CCCN(S(=O)(=O)c2sc(=O)[nH]c2C)CC1. The second kappa shape index (κ2) is 6.41. The third-order valence-corrected chi connectivity index (χ3v) is 7.34. The number of hydrogen-bond donors (Lipinski definition) is 1. The topological polar surface area (TPSA) is 70.2 Å². The van der Waals surface area contributed by atoms with Gasteiger partial charge in [0.25, 0.3) is 10.0 Å². The van der Waals surface area contributed by atoms with Crippen molar-refractivity contribution in [3.8, 4) is 0 Å². The molecule has 2 heterocycles. The first-order valence-corrected chi connectivity index (χ1v) is 9.40. The van der Waals surface area contributed by atoms with Crippen molar-refractivity contribution in [1.82, 2.24) is 9.29 Å². The first-order chi connectivity index (χ1) is 9.45. The zero-order valence-corrected chi connectivity index (χ0v) is 13.6. The van der Waals surface area contributed by atoms with E-state index in [1.54, 1.807) is 11.2 Å². The summed E-state index contributed by atoms with van der Waals surface area (Å²) in [6.07, 6.45) is 5.25. The van der Waals surface area contributed by atoms with E-state index in [-0.39, 0.29) is 9.08 Å². The van der Waals surface area contributed by atoms with Gasteiger partial charge in [0.2, 0.25) is 0 Å². The van der Waals surface area contributed by atoms with Crippen LogP contribution in [-0.2, 0) is 10.0 Å². The highest BCUT2D eigenvalue weighted by Crippen LogP contribution is 2.27. The lowest BCUT2D eigenvalue weighted by molar-refractivity contribution is 0.400. The van der Waals surface area contributed by atoms with Crippen LogP contribution in [0.4, 0.5) is 0 Å². The van der Waals surface area contributed by atoms with Gasteiger partial charge in [-0.25, -0.2) is 8.42 Å². The van der Waals surface area contributed by atoms with E-state index in [1.807, 2.05) is 0 Å². The summed E-state index contributed by atoms with van der Waals surface area (Å²) in [5, 5.41) is 0. The van der Waals surface area contributed by atoms with Gasteiger partial charge >= 0.3 is 4.87 Å².